The van der Waals surface area contributed by atoms with Crippen molar-refractivity contribution in [2.75, 3.05) is 0 Å². The zero-order chi connectivity index (χ0) is 13.7. The first kappa shape index (κ1) is 13.9. The molecule has 3 heteroatoms. The molecule has 19 heavy (non-hydrogen) atoms. The van der Waals surface area contributed by atoms with E-state index in [1.165, 1.54) is 25.7 Å². The number of ether oxygens (including phenoxy) is 1. The number of carbonyl (C=O) groups is 1. The zero-order valence-corrected chi connectivity index (χ0v) is 11.8. The summed E-state index contributed by atoms with van der Waals surface area (Å²) in [6.45, 7) is 4.38. The van der Waals surface area contributed by atoms with Gasteiger partial charge >= 0.3 is 0 Å². The maximum atomic E-state index is 11.5. The van der Waals surface area contributed by atoms with Crippen LogP contribution in [0.15, 0.2) is 24.3 Å². The maximum Gasteiger partial charge on any atom is 0.222 e. The fraction of sp³-hybridized carbons (Fsp3) is 0.562. The average molecular weight is 261 g/mol. The summed E-state index contributed by atoms with van der Waals surface area (Å²) in [6, 6.07) is 8.03. The third-order valence-electron chi connectivity index (χ3n) is 3.52. The third kappa shape index (κ3) is 4.27. The van der Waals surface area contributed by atoms with Gasteiger partial charge in [-0.05, 0) is 43.4 Å². The minimum atomic E-state index is 0.0324. The molecule has 1 aromatic carbocycles. The standard InChI is InChI=1S/C16H23NO2/c1-12(2)16(18)17-11-13-7-9-15(10-8-13)19-14-5-3-4-6-14/h7-10,12,14H,3-6,11H2,1-2H3,(H,17,18). The summed E-state index contributed by atoms with van der Waals surface area (Å²) in [7, 11) is 0. The van der Waals surface area contributed by atoms with Crippen LogP contribution in [0.5, 0.6) is 5.75 Å². The van der Waals surface area contributed by atoms with Crippen LogP contribution in [0.2, 0.25) is 0 Å². The molecule has 1 amide bonds. The van der Waals surface area contributed by atoms with E-state index in [0.29, 0.717) is 12.6 Å². The molecule has 1 aromatic rings. The molecule has 1 fully saturated rings. The summed E-state index contributed by atoms with van der Waals surface area (Å²) in [5.41, 5.74) is 1.10. The second-order valence-electron chi connectivity index (χ2n) is 5.54. The number of benzene rings is 1. The highest BCUT2D eigenvalue weighted by Crippen LogP contribution is 2.24. The van der Waals surface area contributed by atoms with Crippen molar-refractivity contribution >= 4 is 5.91 Å². The topological polar surface area (TPSA) is 38.3 Å². The molecule has 0 aromatic heterocycles. The van der Waals surface area contributed by atoms with Crippen molar-refractivity contribution in [3.63, 3.8) is 0 Å². The van der Waals surface area contributed by atoms with Gasteiger partial charge in [0.25, 0.3) is 0 Å². The van der Waals surface area contributed by atoms with E-state index in [4.69, 9.17) is 4.74 Å². The van der Waals surface area contributed by atoms with Crippen LogP contribution in [-0.2, 0) is 11.3 Å². The molecule has 2 rings (SSSR count). The van der Waals surface area contributed by atoms with Gasteiger partial charge in [-0.2, -0.15) is 0 Å². The summed E-state index contributed by atoms with van der Waals surface area (Å²) in [4.78, 5) is 11.5. The average Bonchev–Trinajstić information content (AvgIpc) is 2.90. The Hall–Kier alpha value is -1.51. The fourth-order valence-corrected chi connectivity index (χ4v) is 2.28. The Balaban J connectivity index is 1.82. The van der Waals surface area contributed by atoms with E-state index in [1.807, 2.05) is 38.1 Å². The predicted molar refractivity (Wildman–Crippen MR) is 76.0 cm³/mol. The van der Waals surface area contributed by atoms with Gasteiger partial charge in [0, 0.05) is 12.5 Å². The van der Waals surface area contributed by atoms with E-state index in [0.717, 1.165) is 11.3 Å². The lowest BCUT2D eigenvalue weighted by atomic mass is 10.2. The highest BCUT2D eigenvalue weighted by molar-refractivity contribution is 5.77. The van der Waals surface area contributed by atoms with Crippen molar-refractivity contribution in [1.82, 2.24) is 5.32 Å². The Morgan fingerprint density at radius 1 is 1.26 bits per heavy atom. The van der Waals surface area contributed by atoms with Crippen LogP contribution in [0.25, 0.3) is 0 Å². The van der Waals surface area contributed by atoms with Crippen molar-refractivity contribution in [3.8, 4) is 5.75 Å². The SMILES string of the molecule is CC(C)C(=O)NCc1ccc(OC2CCCC2)cc1. The van der Waals surface area contributed by atoms with Crippen LogP contribution in [0.1, 0.15) is 45.1 Å². The van der Waals surface area contributed by atoms with Gasteiger partial charge in [0.1, 0.15) is 5.75 Å². The summed E-state index contributed by atoms with van der Waals surface area (Å²) in [6.07, 6.45) is 5.30. The van der Waals surface area contributed by atoms with Crippen molar-refractivity contribution in [2.24, 2.45) is 5.92 Å². The molecule has 1 N–H and O–H groups in total. The first-order valence-electron chi connectivity index (χ1n) is 7.18. The monoisotopic (exact) mass is 261 g/mol. The van der Waals surface area contributed by atoms with E-state index in [-0.39, 0.29) is 11.8 Å². The minimum Gasteiger partial charge on any atom is -0.490 e. The van der Waals surface area contributed by atoms with Gasteiger partial charge in [-0.25, -0.2) is 0 Å². The van der Waals surface area contributed by atoms with Gasteiger partial charge in [-0.1, -0.05) is 26.0 Å². The summed E-state index contributed by atoms with van der Waals surface area (Å²) < 4.78 is 5.91. The number of amides is 1. The molecule has 0 bridgehead atoms. The van der Waals surface area contributed by atoms with Crippen LogP contribution >= 0.6 is 0 Å². The van der Waals surface area contributed by atoms with Crippen molar-refractivity contribution in [3.05, 3.63) is 29.8 Å². The molecule has 0 unspecified atom stereocenters. The Bertz CT molecular complexity index is 405. The third-order valence-corrected chi connectivity index (χ3v) is 3.52. The lowest BCUT2D eigenvalue weighted by molar-refractivity contribution is -0.124. The van der Waals surface area contributed by atoms with E-state index < -0.39 is 0 Å². The van der Waals surface area contributed by atoms with Gasteiger partial charge < -0.3 is 10.1 Å². The van der Waals surface area contributed by atoms with Gasteiger partial charge in [-0.3, -0.25) is 4.79 Å². The molecule has 1 aliphatic carbocycles. The summed E-state index contributed by atoms with van der Waals surface area (Å²) >= 11 is 0. The van der Waals surface area contributed by atoms with Crippen LogP contribution in [0.4, 0.5) is 0 Å². The lowest BCUT2D eigenvalue weighted by Gasteiger charge is -2.13. The Labute approximate surface area is 115 Å². The summed E-state index contributed by atoms with van der Waals surface area (Å²) in [5.74, 6) is 1.06. The number of rotatable bonds is 5. The second-order valence-corrected chi connectivity index (χ2v) is 5.54. The molecular weight excluding hydrogens is 238 g/mol. The first-order chi connectivity index (χ1) is 9.15. The van der Waals surface area contributed by atoms with E-state index in [2.05, 4.69) is 5.32 Å². The van der Waals surface area contributed by atoms with Crippen LogP contribution in [0, 0.1) is 5.92 Å². The number of carbonyl (C=O) groups excluding carboxylic acids is 1. The Morgan fingerprint density at radius 2 is 1.89 bits per heavy atom. The van der Waals surface area contributed by atoms with Crippen molar-refractivity contribution < 1.29 is 9.53 Å². The lowest BCUT2D eigenvalue weighted by Crippen LogP contribution is -2.27. The predicted octanol–water partition coefficient (Wildman–Crippen LogP) is 3.28. The highest BCUT2D eigenvalue weighted by Gasteiger charge is 2.16. The van der Waals surface area contributed by atoms with Gasteiger partial charge in [0.15, 0.2) is 0 Å². The molecule has 0 radical (unpaired) electrons. The number of hydrogen-bond donors (Lipinski definition) is 1. The molecule has 3 nitrogen and oxygen atoms in total. The normalized spacial score (nSPS) is 15.7. The highest BCUT2D eigenvalue weighted by atomic mass is 16.5. The smallest absolute Gasteiger partial charge is 0.222 e. The Kier molecular flexibility index (Phi) is 4.83. The fourth-order valence-electron chi connectivity index (χ4n) is 2.28. The molecular formula is C16H23NO2. The first-order valence-corrected chi connectivity index (χ1v) is 7.18. The quantitative estimate of drug-likeness (QED) is 0.883. The van der Waals surface area contributed by atoms with Crippen molar-refractivity contribution in [2.45, 2.75) is 52.2 Å². The summed E-state index contributed by atoms with van der Waals surface area (Å²) in [5, 5.41) is 2.91. The van der Waals surface area contributed by atoms with Crippen LogP contribution < -0.4 is 10.1 Å². The zero-order valence-electron chi connectivity index (χ0n) is 11.8. The van der Waals surface area contributed by atoms with Crippen LogP contribution in [0.3, 0.4) is 0 Å². The Morgan fingerprint density at radius 3 is 2.47 bits per heavy atom. The molecule has 0 spiro atoms. The van der Waals surface area contributed by atoms with Crippen molar-refractivity contribution in [1.29, 1.82) is 0 Å². The molecule has 0 saturated heterocycles. The van der Waals surface area contributed by atoms with E-state index in [9.17, 15) is 4.79 Å². The molecule has 0 aliphatic heterocycles. The molecule has 1 saturated carbocycles. The van der Waals surface area contributed by atoms with Gasteiger partial charge in [-0.15, -0.1) is 0 Å². The minimum absolute atomic E-state index is 0.0324. The van der Waals surface area contributed by atoms with Gasteiger partial charge in [0.05, 0.1) is 6.10 Å². The number of hydrogen-bond acceptors (Lipinski definition) is 2. The van der Waals surface area contributed by atoms with Crippen LogP contribution in [-0.4, -0.2) is 12.0 Å². The van der Waals surface area contributed by atoms with Gasteiger partial charge in [0.2, 0.25) is 5.91 Å². The molecule has 0 atom stereocenters. The maximum absolute atomic E-state index is 11.5. The second kappa shape index (κ2) is 6.60. The number of nitrogens with one attached hydrogen (secondary N) is 1. The van der Waals surface area contributed by atoms with E-state index in [1.54, 1.807) is 0 Å². The molecule has 0 heterocycles. The molecule has 104 valence electrons. The largest absolute Gasteiger partial charge is 0.490 e. The van der Waals surface area contributed by atoms with E-state index >= 15 is 0 Å². The molecule has 1 aliphatic rings.